The van der Waals surface area contributed by atoms with Gasteiger partial charge in [-0.05, 0) is 49.5 Å². The number of Topliss-reactive ketones (excluding diaryl/α,β-unsaturated/α-hetero) is 1. The van der Waals surface area contributed by atoms with Gasteiger partial charge in [-0.15, -0.1) is 0 Å². The Morgan fingerprint density at radius 2 is 2.12 bits per heavy atom. The number of piperidine rings is 1. The molecule has 0 amide bonds. The third-order valence-corrected chi connectivity index (χ3v) is 3.27. The Labute approximate surface area is 101 Å². The zero-order valence-corrected chi connectivity index (χ0v) is 9.92. The van der Waals surface area contributed by atoms with Crippen molar-refractivity contribution in [2.24, 2.45) is 5.92 Å². The zero-order chi connectivity index (χ0) is 12.1. The summed E-state index contributed by atoms with van der Waals surface area (Å²) < 4.78 is 13.0. The third kappa shape index (κ3) is 3.93. The Morgan fingerprint density at radius 1 is 1.35 bits per heavy atom. The maximum absolute atomic E-state index is 13.0. The van der Waals surface area contributed by atoms with E-state index in [1.807, 2.05) is 6.07 Å². The van der Waals surface area contributed by atoms with Gasteiger partial charge in [-0.2, -0.15) is 0 Å². The van der Waals surface area contributed by atoms with Gasteiger partial charge in [-0.1, -0.05) is 12.1 Å². The van der Waals surface area contributed by atoms with Gasteiger partial charge in [0.15, 0.2) is 0 Å². The first kappa shape index (κ1) is 12.2. The second kappa shape index (κ2) is 5.92. The van der Waals surface area contributed by atoms with Crippen molar-refractivity contribution in [3.8, 4) is 0 Å². The van der Waals surface area contributed by atoms with Gasteiger partial charge in [0.05, 0.1) is 0 Å². The molecule has 0 aromatic heterocycles. The van der Waals surface area contributed by atoms with Crippen molar-refractivity contribution >= 4 is 5.78 Å². The van der Waals surface area contributed by atoms with Crippen LogP contribution in [-0.2, 0) is 11.2 Å². The minimum atomic E-state index is -0.267. The lowest BCUT2D eigenvalue weighted by atomic mass is 9.91. The molecule has 0 bridgehead atoms. The molecule has 1 fully saturated rings. The number of benzene rings is 1. The molecule has 0 spiro atoms. The summed E-state index contributed by atoms with van der Waals surface area (Å²) in [5, 5.41) is 3.28. The number of nitrogens with one attached hydrogen (secondary N) is 1. The molecule has 1 N–H and O–H groups in total. The van der Waals surface area contributed by atoms with Crippen LogP contribution in [0.15, 0.2) is 24.3 Å². The van der Waals surface area contributed by atoms with Gasteiger partial charge in [0.1, 0.15) is 11.6 Å². The highest BCUT2D eigenvalue weighted by Crippen LogP contribution is 2.17. The average molecular weight is 235 g/mol. The van der Waals surface area contributed by atoms with Crippen LogP contribution in [0.3, 0.4) is 0 Å². The van der Waals surface area contributed by atoms with Crippen LogP contribution in [0.5, 0.6) is 0 Å². The summed E-state index contributed by atoms with van der Waals surface area (Å²) in [5.41, 5.74) is 0.781. The first-order chi connectivity index (χ1) is 8.24. The van der Waals surface area contributed by atoms with Crippen LogP contribution in [0.4, 0.5) is 4.39 Å². The summed E-state index contributed by atoms with van der Waals surface area (Å²) >= 11 is 0. The minimum Gasteiger partial charge on any atom is -0.317 e. The van der Waals surface area contributed by atoms with E-state index < -0.39 is 0 Å². The summed E-state index contributed by atoms with van der Waals surface area (Å²) in [6, 6.07) is 6.31. The van der Waals surface area contributed by atoms with Crippen LogP contribution >= 0.6 is 0 Å². The van der Waals surface area contributed by atoms with Crippen LogP contribution in [0.2, 0.25) is 0 Å². The van der Waals surface area contributed by atoms with Crippen LogP contribution in [0.1, 0.15) is 24.8 Å². The Hall–Kier alpha value is -1.22. The summed E-state index contributed by atoms with van der Waals surface area (Å²) in [7, 11) is 0. The smallest absolute Gasteiger partial charge is 0.137 e. The van der Waals surface area contributed by atoms with Gasteiger partial charge < -0.3 is 5.32 Å². The quantitative estimate of drug-likeness (QED) is 0.867. The fraction of sp³-hybridized carbons (Fsp3) is 0.500. The molecule has 0 aliphatic carbocycles. The van der Waals surface area contributed by atoms with Gasteiger partial charge in [0.25, 0.3) is 0 Å². The van der Waals surface area contributed by atoms with Crippen molar-refractivity contribution in [2.45, 2.75) is 25.7 Å². The van der Waals surface area contributed by atoms with Gasteiger partial charge >= 0.3 is 0 Å². The third-order valence-electron chi connectivity index (χ3n) is 3.27. The Bertz CT molecular complexity index is 386. The maximum atomic E-state index is 13.0. The van der Waals surface area contributed by atoms with E-state index in [1.54, 1.807) is 6.07 Å². The van der Waals surface area contributed by atoms with Gasteiger partial charge in [-0.25, -0.2) is 4.39 Å². The molecule has 2 nitrogen and oxygen atoms in total. The molecule has 3 heteroatoms. The zero-order valence-electron chi connectivity index (χ0n) is 9.92. The molecular formula is C14H18FNO. The van der Waals surface area contributed by atoms with Crippen molar-refractivity contribution in [1.82, 2.24) is 5.32 Å². The van der Waals surface area contributed by atoms with E-state index in [1.165, 1.54) is 12.1 Å². The van der Waals surface area contributed by atoms with Gasteiger partial charge in [0, 0.05) is 12.8 Å². The van der Waals surface area contributed by atoms with E-state index in [9.17, 15) is 9.18 Å². The highest BCUT2D eigenvalue weighted by molar-refractivity contribution is 5.81. The molecule has 1 aliphatic rings. The monoisotopic (exact) mass is 235 g/mol. The first-order valence-corrected chi connectivity index (χ1v) is 6.21. The minimum absolute atomic E-state index is 0.225. The van der Waals surface area contributed by atoms with E-state index in [4.69, 9.17) is 0 Å². The number of carbonyl (C=O) groups is 1. The molecule has 1 heterocycles. The molecule has 1 aliphatic heterocycles. The molecule has 2 rings (SSSR count). The lowest BCUT2D eigenvalue weighted by Crippen LogP contribution is -2.29. The molecule has 0 atom stereocenters. The Morgan fingerprint density at radius 3 is 2.82 bits per heavy atom. The summed E-state index contributed by atoms with van der Waals surface area (Å²) in [4.78, 5) is 11.8. The molecule has 0 radical (unpaired) electrons. The number of rotatable bonds is 4. The van der Waals surface area contributed by atoms with E-state index in [-0.39, 0.29) is 11.6 Å². The molecule has 1 aromatic rings. The number of hydrogen-bond donors (Lipinski definition) is 1. The lowest BCUT2D eigenvalue weighted by Gasteiger charge is -2.21. The Kier molecular flexibility index (Phi) is 4.26. The van der Waals surface area contributed by atoms with Crippen molar-refractivity contribution in [1.29, 1.82) is 0 Å². The molecule has 1 saturated heterocycles. The summed E-state index contributed by atoms with van der Waals surface area (Å²) in [6.45, 7) is 2.02. The number of halogens is 1. The van der Waals surface area contributed by atoms with E-state index in [0.29, 0.717) is 18.8 Å². The highest BCUT2D eigenvalue weighted by Gasteiger charge is 2.16. The predicted octanol–water partition coefficient (Wildman–Crippen LogP) is 2.33. The second-order valence-electron chi connectivity index (χ2n) is 4.74. The molecule has 0 saturated carbocycles. The normalized spacial score (nSPS) is 17.0. The van der Waals surface area contributed by atoms with Crippen LogP contribution in [-0.4, -0.2) is 18.9 Å². The van der Waals surface area contributed by atoms with Crippen LogP contribution in [0, 0.1) is 11.7 Å². The number of carbonyl (C=O) groups excluding carboxylic acids is 1. The van der Waals surface area contributed by atoms with Gasteiger partial charge in [0.2, 0.25) is 0 Å². The standard InChI is InChI=1S/C14H18FNO/c15-13-3-1-2-12(8-13)10-14(17)9-11-4-6-16-7-5-11/h1-3,8,11,16H,4-7,9-10H2. The van der Waals surface area contributed by atoms with Crippen molar-refractivity contribution < 1.29 is 9.18 Å². The largest absolute Gasteiger partial charge is 0.317 e. The van der Waals surface area contributed by atoms with Gasteiger partial charge in [-0.3, -0.25) is 4.79 Å². The molecule has 0 unspecified atom stereocenters. The maximum Gasteiger partial charge on any atom is 0.137 e. The van der Waals surface area contributed by atoms with E-state index in [2.05, 4.69) is 5.32 Å². The topological polar surface area (TPSA) is 29.1 Å². The second-order valence-corrected chi connectivity index (χ2v) is 4.74. The Balaban J connectivity index is 1.84. The molecule has 1 aromatic carbocycles. The highest BCUT2D eigenvalue weighted by atomic mass is 19.1. The van der Waals surface area contributed by atoms with Crippen molar-refractivity contribution in [2.75, 3.05) is 13.1 Å². The predicted molar refractivity (Wildman–Crippen MR) is 65.3 cm³/mol. The van der Waals surface area contributed by atoms with Crippen LogP contribution < -0.4 is 5.32 Å². The number of ketones is 1. The fourth-order valence-corrected chi connectivity index (χ4v) is 2.35. The first-order valence-electron chi connectivity index (χ1n) is 6.21. The number of hydrogen-bond acceptors (Lipinski definition) is 2. The average Bonchev–Trinajstić information content (AvgIpc) is 2.30. The molecule has 92 valence electrons. The lowest BCUT2D eigenvalue weighted by molar-refractivity contribution is -0.119. The molecule has 17 heavy (non-hydrogen) atoms. The summed E-state index contributed by atoms with van der Waals surface area (Å²) in [6.07, 6.45) is 3.16. The van der Waals surface area contributed by atoms with Crippen LogP contribution in [0.25, 0.3) is 0 Å². The van der Waals surface area contributed by atoms with Crippen molar-refractivity contribution in [3.63, 3.8) is 0 Å². The van der Waals surface area contributed by atoms with Crippen molar-refractivity contribution in [3.05, 3.63) is 35.6 Å². The summed E-state index contributed by atoms with van der Waals surface area (Å²) in [5.74, 6) is 0.469. The van der Waals surface area contributed by atoms with E-state index in [0.717, 1.165) is 31.5 Å². The molecular weight excluding hydrogens is 217 g/mol. The SMILES string of the molecule is O=C(Cc1cccc(F)c1)CC1CCNCC1. The fourth-order valence-electron chi connectivity index (χ4n) is 2.35. The van der Waals surface area contributed by atoms with E-state index >= 15 is 0 Å².